The Morgan fingerprint density at radius 2 is 1.75 bits per heavy atom. The molecule has 0 spiro atoms. The summed E-state index contributed by atoms with van der Waals surface area (Å²) >= 11 is 0. The zero-order valence-corrected chi connectivity index (χ0v) is 18.4. The molecular formula is C20H31NO6S. The Bertz CT molecular complexity index is 785. The number of sulfonamides is 1. The lowest BCUT2D eigenvalue weighted by Crippen LogP contribution is -2.37. The maximum Gasteiger partial charge on any atom is 0.332 e. The van der Waals surface area contributed by atoms with Gasteiger partial charge in [0.1, 0.15) is 18.0 Å². The molecule has 0 atom stereocenters. The lowest BCUT2D eigenvalue weighted by atomic mass is 10.1. The van der Waals surface area contributed by atoms with Crippen molar-refractivity contribution < 1.29 is 27.4 Å². The summed E-state index contributed by atoms with van der Waals surface area (Å²) in [4.78, 5) is 12.0. The molecule has 7 nitrogen and oxygen atoms in total. The number of hydrogen-bond acceptors (Lipinski definition) is 6. The average Bonchev–Trinajstić information content (AvgIpc) is 3.36. The Hall–Kier alpha value is -1.64. The van der Waals surface area contributed by atoms with Crippen molar-refractivity contribution >= 4 is 16.0 Å². The maximum atomic E-state index is 13.3. The number of rotatable bonds is 9. The molecule has 0 amide bonds. The van der Waals surface area contributed by atoms with Gasteiger partial charge in [-0.05, 0) is 70.7 Å². The van der Waals surface area contributed by atoms with Crippen molar-refractivity contribution in [3.8, 4) is 5.75 Å². The maximum absolute atomic E-state index is 13.3. The molecule has 0 saturated heterocycles. The first-order valence-electron chi connectivity index (χ1n) is 9.42. The van der Waals surface area contributed by atoms with Crippen LogP contribution in [0.4, 0.5) is 0 Å². The molecule has 1 fully saturated rings. The second kappa shape index (κ2) is 8.80. The highest BCUT2D eigenvalue weighted by molar-refractivity contribution is 7.89. The molecule has 0 radical (unpaired) electrons. The van der Waals surface area contributed by atoms with Gasteiger partial charge in [-0.1, -0.05) is 0 Å². The van der Waals surface area contributed by atoms with Crippen molar-refractivity contribution in [2.75, 3.05) is 26.9 Å². The van der Waals surface area contributed by atoms with Gasteiger partial charge in [-0.2, -0.15) is 4.31 Å². The zero-order chi connectivity index (χ0) is 21.1. The predicted octanol–water partition coefficient (Wildman–Crippen LogP) is 2.82. The predicted molar refractivity (Wildman–Crippen MR) is 106 cm³/mol. The van der Waals surface area contributed by atoms with Crippen LogP contribution in [0.1, 0.15) is 44.7 Å². The molecular weight excluding hydrogens is 382 g/mol. The lowest BCUT2D eigenvalue weighted by Gasteiger charge is -2.24. The standard InChI is InChI=1S/C20H31NO6S/c1-14-11-17(25-6)12-15(2)19(14)28(23,24)21(16-7-8-16)9-10-26-13-18(22)27-20(3,4)5/h11-12,16H,7-10,13H2,1-6H3. The van der Waals surface area contributed by atoms with E-state index in [2.05, 4.69) is 0 Å². The highest BCUT2D eigenvalue weighted by atomic mass is 32.2. The first-order valence-corrected chi connectivity index (χ1v) is 10.9. The van der Waals surface area contributed by atoms with Crippen LogP contribution in [0.5, 0.6) is 5.75 Å². The van der Waals surface area contributed by atoms with Gasteiger partial charge in [0.2, 0.25) is 10.0 Å². The number of esters is 1. The Morgan fingerprint density at radius 3 is 2.21 bits per heavy atom. The van der Waals surface area contributed by atoms with Crippen LogP contribution in [0, 0.1) is 13.8 Å². The van der Waals surface area contributed by atoms with Crippen molar-refractivity contribution in [1.82, 2.24) is 4.31 Å². The minimum Gasteiger partial charge on any atom is -0.497 e. The van der Waals surface area contributed by atoms with Gasteiger partial charge < -0.3 is 14.2 Å². The normalized spacial score (nSPS) is 15.0. The molecule has 0 unspecified atom stereocenters. The van der Waals surface area contributed by atoms with Crippen LogP contribution < -0.4 is 4.74 Å². The van der Waals surface area contributed by atoms with Crippen LogP contribution in [0.15, 0.2) is 17.0 Å². The quantitative estimate of drug-likeness (QED) is 0.457. The minimum atomic E-state index is -3.67. The van der Waals surface area contributed by atoms with E-state index in [1.807, 2.05) is 0 Å². The number of hydrogen-bond donors (Lipinski definition) is 0. The number of carbonyl (C=O) groups excluding carboxylic acids is 1. The van der Waals surface area contributed by atoms with Crippen molar-refractivity contribution in [1.29, 1.82) is 0 Å². The molecule has 158 valence electrons. The summed E-state index contributed by atoms with van der Waals surface area (Å²) in [5, 5.41) is 0. The molecule has 1 aromatic rings. The van der Waals surface area contributed by atoms with Crippen molar-refractivity contribution in [2.24, 2.45) is 0 Å². The first-order chi connectivity index (χ1) is 13.0. The fourth-order valence-corrected chi connectivity index (χ4v) is 5.18. The van der Waals surface area contributed by atoms with E-state index in [0.29, 0.717) is 21.8 Å². The van der Waals surface area contributed by atoms with E-state index in [9.17, 15) is 13.2 Å². The number of benzene rings is 1. The van der Waals surface area contributed by atoms with Gasteiger partial charge in [0.25, 0.3) is 0 Å². The number of carbonyl (C=O) groups is 1. The van der Waals surface area contributed by atoms with Gasteiger partial charge in [0.05, 0.1) is 18.6 Å². The lowest BCUT2D eigenvalue weighted by molar-refractivity contribution is -0.160. The van der Waals surface area contributed by atoms with Gasteiger partial charge in [0.15, 0.2) is 0 Å². The first kappa shape index (κ1) is 22.6. The highest BCUT2D eigenvalue weighted by Crippen LogP contribution is 2.35. The second-order valence-corrected chi connectivity index (χ2v) is 9.90. The highest BCUT2D eigenvalue weighted by Gasteiger charge is 2.39. The average molecular weight is 414 g/mol. The van der Waals surface area contributed by atoms with Crippen LogP contribution in [0.25, 0.3) is 0 Å². The molecule has 0 aliphatic heterocycles. The molecule has 1 aromatic carbocycles. The molecule has 1 saturated carbocycles. The smallest absolute Gasteiger partial charge is 0.332 e. The van der Waals surface area contributed by atoms with Gasteiger partial charge in [-0.3, -0.25) is 0 Å². The van der Waals surface area contributed by atoms with E-state index >= 15 is 0 Å². The SMILES string of the molecule is COc1cc(C)c(S(=O)(=O)N(CCOCC(=O)OC(C)(C)C)C2CC2)c(C)c1. The van der Waals surface area contributed by atoms with Gasteiger partial charge in [-0.15, -0.1) is 0 Å². The second-order valence-electron chi connectivity index (χ2n) is 8.08. The van der Waals surface area contributed by atoms with Crippen LogP contribution in [-0.4, -0.2) is 57.2 Å². The monoisotopic (exact) mass is 413 g/mol. The van der Waals surface area contributed by atoms with Crippen molar-refractivity contribution in [3.63, 3.8) is 0 Å². The van der Waals surface area contributed by atoms with Crippen molar-refractivity contribution in [3.05, 3.63) is 23.3 Å². The third kappa shape index (κ3) is 5.93. The van der Waals surface area contributed by atoms with Crippen LogP contribution in [0.2, 0.25) is 0 Å². The number of nitrogens with zero attached hydrogens (tertiary/aromatic N) is 1. The van der Waals surface area contributed by atoms with E-state index in [-0.39, 0.29) is 25.8 Å². The Labute approximate surface area is 168 Å². The molecule has 1 aliphatic rings. The summed E-state index contributed by atoms with van der Waals surface area (Å²) in [5.41, 5.74) is 0.724. The van der Waals surface area contributed by atoms with Crippen LogP contribution in [0.3, 0.4) is 0 Å². The number of ether oxygens (including phenoxy) is 3. The summed E-state index contributed by atoms with van der Waals surface area (Å²) in [6.45, 7) is 9.02. The fraction of sp³-hybridized carbons (Fsp3) is 0.650. The van der Waals surface area contributed by atoms with Gasteiger partial charge >= 0.3 is 5.97 Å². The number of aryl methyl sites for hydroxylation is 2. The molecule has 8 heteroatoms. The topological polar surface area (TPSA) is 82.1 Å². The van der Waals surface area contributed by atoms with Gasteiger partial charge in [-0.25, -0.2) is 13.2 Å². The molecule has 0 N–H and O–H groups in total. The molecule has 28 heavy (non-hydrogen) atoms. The van der Waals surface area contributed by atoms with E-state index in [1.165, 1.54) is 4.31 Å². The molecule has 0 bridgehead atoms. The van der Waals surface area contributed by atoms with E-state index in [0.717, 1.165) is 12.8 Å². The third-order valence-electron chi connectivity index (χ3n) is 4.29. The van der Waals surface area contributed by atoms with Gasteiger partial charge in [0, 0.05) is 12.6 Å². The Balaban J connectivity index is 2.07. The van der Waals surface area contributed by atoms with E-state index in [1.54, 1.807) is 53.9 Å². The summed E-state index contributed by atoms with van der Waals surface area (Å²) in [5.74, 6) is 0.169. The number of methoxy groups -OCH3 is 1. The van der Waals surface area contributed by atoms with Crippen molar-refractivity contribution in [2.45, 2.75) is 64.0 Å². The van der Waals surface area contributed by atoms with E-state index < -0.39 is 21.6 Å². The van der Waals surface area contributed by atoms with Crippen LogP contribution in [-0.2, 0) is 24.3 Å². The molecule has 0 heterocycles. The largest absolute Gasteiger partial charge is 0.497 e. The minimum absolute atomic E-state index is 0.0176. The van der Waals surface area contributed by atoms with Crippen LogP contribution >= 0.6 is 0 Å². The Kier molecular flexibility index (Phi) is 7.12. The molecule has 1 aliphatic carbocycles. The molecule has 2 rings (SSSR count). The van der Waals surface area contributed by atoms with E-state index in [4.69, 9.17) is 14.2 Å². The fourth-order valence-electron chi connectivity index (χ4n) is 3.10. The summed E-state index contributed by atoms with van der Waals surface area (Å²) in [6, 6.07) is 3.43. The Morgan fingerprint density at radius 1 is 1.18 bits per heavy atom. The summed E-state index contributed by atoms with van der Waals surface area (Å²) < 4.78 is 43.9. The molecule has 0 aromatic heterocycles. The third-order valence-corrected chi connectivity index (χ3v) is 6.54. The zero-order valence-electron chi connectivity index (χ0n) is 17.6. The summed E-state index contributed by atoms with van der Waals surface area (Å²) in [6.07, 6.45) is 1.67. The summed E-state index contributed by atoms with van der Waals surface area (Å²) in [7, 11) is -2.12.